The van der Waals surface area contributed by atoms with Crippen LogP contribution in [-0.4, -0.2) is 29.3 Å². The number of amidine groups is 1. The number of aliphatic hydroxyl groups excluding tert-OH is 1. The summed E-state index contributed by atoms with van der Waals surface area (Å²) in [5, 5.41) is 24.1. The molecule has 5 nitrogen and oxygen atoms in total. The van der Waals surface area contributed by atoms with Gasteiger partial charge in [-0.3, -0.25) is 0 Å². The molecule has 0 aliphatic rings. The van der Waals surface area contributed by atoms with Gasteiger partial charge in [-0.1, -0.05) is 43.3 Å². The zero-order valence-electron chi connectivity index (χ0n) is 11.6. The number of nitrogens with zero attached hydrogens (tertiary/aromatic N) is 1. The Hall–Kier alpha value is -1.59. The van der Waals surface area contributed by atoms with Crippen molar-refractivity contribution in [2.75, 3.05) is 13.2 Å². The summed E-state index contributed by atoms with van der Waals surface area (Å²) in [6.07, 6.45) is 0.752. The molecule has 0 unspecified atom stereocenters. The molecule has 1 aromatic carbocycles. The molecule has 0 fully saturated rings. The second kappa shape index (κ2) is 7.11. The van der Waals surface area contributed by atoms with Gasteiger partial charge < -0.3 is 21.4 Å². The third kappa shape index (κ3) is 4.89. The number of nitrogens with one attached hydrogen (secondary N) is 1. The topological polar surface area (TPSA) is 90.9 Å². The van der Waals surface area contributed by atoms with E-state index in [4.69, 9.17) is 16.0 Å². The maximum absolute atomic E-state index is 8.98. The lowest BCUT2D eigenvalue weighted by Crippen LogP contribution is -2.30. The Balaban J connectivity index is 2.64. The molecule has 0 heterocycles. The first-order valence-electron chi connectivity index (χ1n) is 6.37. The smallest absolute Gasteiger partial charge is 0.170 e. The van der Waals surface area contributed by atoms with Crippen LogP contribution in [0.15, 0.2) is 29.4 Å². The van der Waals surface area contributed by atoms with Gasteiger partial charge in [-0.15, -0.1) is 0 Å². The van der Waals surface area contributed by atoms with Gasteiger partial charge in [-0.2, -0.15) is 0 Å². The molecule has 0 aromatic heterocycles. The van der Waals surface area contributed by atoms with Gasteiger partial charge in [-0.25, -0.2) is 0 Å². The Morgan fingerprint density at radius 2 is 2.05 bits per heavy atom. The normalized spacial score (nSPS) is 12.7. The van der Waals surface area contributed by atoms with Gasteiger partial charge in [-0.05, 0) is 17.4 Å². The lowest BCUT2D eigenvalue weighted by atomic mass is 9.89. The number of hydrogen-bond donors (Lipinski definition) is 4. The molecular weight excluding hydrogens is 242 g/mol. The zero-order chi connectivity index (χ0) is 14.3. The first-order chi connectivity index (χ1) is 9.00. The van der Waals surface area contributed by atoms with Crippen LogP contribution in [0.4, 0.5) is 0 Å². The van der Waals surface area contributed by atoms with Crippen molar-refractivity contribution in [1.29, 1.82) is 0 Å². The highest BCUT2D eigenvalue weighted by Gasteiger charge is 2.16. The minimum absolute atomic E-state index is 0.0420. The molecule has 0 saturated carbocycles. The summed E-state index contributed by atoms with van der Waals surface area (Å²) in [7, 11) is 0. The lowest BCUT2D eigenvalue weighted by molar-refractivity contribution is 0.207. The van der Waals surface area contributed by atoms with Crippen molar-refractivity contribution in [1.82, 2.24) is 5.32 Å². The van der Waals surface area contributed by atoms with E-state index in [1.165, 1.54) is 0 Å². The summed E-state index contributed by atoms with van der Waals surface area (Å²) in [5.74, 6) is 0.118. The highest BCUT2D eigenvalue weighted by atomic mass is 16.4. The van der Waals surface area contributed by atoms with Gasteiger partial charge in [0.1, 0.15) is 0 Å². The minimum Gasteiger partial charge on any atom is -0.409 e. The number of benzene rings is 1. The van der Waals surface area contributed by atoms with E-state index >= 15 is 0 Å². The molecule has 0 amide bonds. The predicted molar refractivity (Wildman–Crippen MR) is 76.1 cm³/mol. The molecule has 5 N–H and O–H groups in total. The first-order valence-corrected chi connectivity index (χ1v) is 6.37. The van der Waals surface area contributed by atoms with Crippen molar-refractivity contribution < 1.29 is 10.3 Å². The Kier molecular flexibility index (Phi) is 5.79. The highest BCUT2D eigenvalue weighted by Crippen LogP contribution is 2.18. The summed E-state index contributed by atoms with van der Waals surface area (Å²) in [6, 6.07) is 7.54. The van der Waals surface area contributed by atoms with Gasteiger partial charge in [0.05, 0.1) is 0 Å². The molecule has 1 rings (SSSR count). The van der Waals surface area contributed by atoms with Crippen molar-refractivity contribution in [2.24, 2.45) is 16.3 Å². The molecular formula is C14H23N3O2. The van der Waals surface area contributed by atoms with E-state index in [0.717, 1.165) is 24.1 Å². The van der Waals surface area contributed by atoms with Crippen LogP contribution in [0, 0.1) is 5.41 Å². The van der Waals surface area contributed by atoms with Crippen molar-refractivity contribution in [2.45, 2.75) is 26.8 Å². The van der Waals surface area contributed by atoms with E-state index in [0.29, 0.717) is 6.54 Å². The molecule has 1 aromatic rings. The van der Waals surface area contributed by atoms with Gasteiger partial charge in [0.25, 0.3) is 0 Å². The molecule has 0 aliphatic carbocycles. The number of aliphatic hydroxyl groups is 1. The Morgan fingerprint density at radius 1 is 1.37 bits per heavy atom. The molecule has 0 radical (unpaired) electrons. The van der Waals surface area contributed by atoms with Crippen LogP contribution in [0.25, 0.3) is 0 Å². The van der Waals surface area contributed by atoms with Crippen molar-refractivity contribution in [3.05, 3.63) is 35.4 Å². The number of nitrogens with two attached hydrogens (primary N) is 1. The van der Waals surface area contributed by atoms with Crippen LogP contribution in [-0.2, 0) is 6.54 Å². The number of hydrogen-bond acceptors (Lipinski definition) is 4. The summed E-state index contributed by atoms with van der Waals surface area (Å²) in [6.45, 7) is 5.83. The van der Waals surface area contributed by atoms with Gasteiger partial charge in [0.15, 0.2) is 5.84 Å². The van der Waals surface area contributed by atoms with Crippen molar-refractivity contribution >= 4 is 5.84 Å². The maximum atomic E-state index is 8.98. The fourth-order valence-corrected chi connectivity index (χ4v) is 1.90. The standard InChI is InChI=1S/C14H23N3O2/c1-14(2,7-8-18)10-16-9-11-5-3-4-6-12(11)13(15)17-19/h3-6,16,18-19H,7-10H2,1-2H3,(H2,15,17). The Morgan fingerprint density at radius 3 is 2.68 bits per heavy atom. The van der Waals surface area contributed by atoms with Crippen molar-refractivity contribution in [3.8, 4) is 0 Å². The third-order valence-electron chi connectivity index (χ3n) is 3.11. The van der Waals surface area contributed by atoms with Crippen LogP contribution in [0.1, 0.15) is 31.4 Å². The quantitative estimate of drug-likeness (QED) is 0.259. The Labute approximate surface area is 114 Å². The van der Waals surface area contributed by atoms with E-state index in [2.05, 4.69) is 24.3 Å². The predicted octanol–water partition coefficient (Wildman–Crippen LogP) is 1.28. The van der Waals surface area contributed by atoms with Crippen LogP contribution < -0.4 is 11.1 Å². The summed E-state index contributed by atoms with van der Waals surface area (Å²) >= 11 is 0. The first kappa shape index (κ1) is 15.5. The van der Waals surface area contributed by atoms with Gasteiger partial charge >= 0.3 is 0 Å². The Bertz CT molecular complexity index is 430. The highest BCUT2D eigenvalue weighted by molar-refractivity contribution is 5.98. The average Bonchev–Trinajstić information content (AvgIpc) is 2.38. The number of rotatable bonds is 7. The van der Waals surface area contributed by atoms with Crippen LogP contribution >= 0.6 is 0 Å². The fourth-order valence-electron chi connectivity index (χ4n) is 1.90. The fraction of sp³-hybridized carbons (Fsp3) is 0.500. The summed E-state index contributed by atoms with van der Waals surface area (Å²) < 4.78 is 0. The molecule has 0 bridgehead atoms. The van der Waals surface area contributed by atoms with E-state index in [9.17, 15) is 0 Å². The summed E-state index contributed by atoms with van der Waals surface area (Å²) in [5.41, 5.74) is 7.40. The van der Waals surface area contributed by atoms with E-state index in [-0.39, 0.29) is 17.9 Å². The zero-order valence-corrected chi connectivity index (χ0v) is 11.6. The number of oxime groups is 1. The monoisotopic (exact) mass is 265 g/mol. The van der Waals surface area contributed by atoms with Gasteiger partial charge in [0, 0.05) is 25.3 Å². The second-order valence-electron chi connectivity index (χ2n) is 5.38. The van der Waals surface area contributed by atoms with Crippen LogP contribution in [0.2, 0.25) is 0 Å². The second-order valence-corrected chi connectivity index (χ2v) is 5.38. The SMILES string of the molecule is CC(C)(CCO)CNCc1ccccc1/C(N)=N/O. The molecule has 106 valence electrons. The molecule has 0 spiro atoms. The van der Waals surface area contributed by atoms with E-state index in [1.54, 1.807) is 0 Å². The summed E-state index contributed by atoms with van der Waals surface area (Å²) in [4.78, 5) is 0. The van der Waals surface area contributed by atoms with E-state index < -0.39 is 0 Å². The molecule has 0 aliphatic heterocycles. The van der Waals surface area contributed by atoms with Gasteiger partial charge in [0.2, 0.25) is 0 Å². The maximum Gasteiger partial charge on any atom is 0.170 e. The lowest BCUT2D eigenvalue weighted by Gasteiger charge is -2.24. The molecule has 19 heavy (non-hydrogen) atoms. The molecule has 0 saturated heterocycles. The van der Waals surface area contributed by atoms with E-state index in [1.807, 2.05) is 24.3 Å². The third-order valence-corrected chi connectivity index (χ3v) is 3.11. The molecule has 5 heteroatoms. The van der Waals surface area contributed by atoms with Crippen LogP contribution in [0.5, 0.6) is 0 Å². The average molecular weight is 265 g/mol. The van der Waals surface area contributed by atoms with Crippen molar-refractivity contribution in [3.63, 3.8) is 0 Å². The molecule has 0 atom stereocenters. The minimum atomic E-state index is 0.0420. The largest absolute Gasteiger partial charge is 0.409 e. The van der Waals surface area contributed by atoms with Crippen LogP contribution in [0.3, 0.4) is 0 Å².